The Labute approximate surface area is 140 Å². The van der Waals surface area contributed by atoms with Crippen LogP contribution >= 0.6 is 0 Å². The number of nitrogens with zero attached hydrogens (tertiary/aromatic N) is 1. The average molecular weight is 321 g/mol. The van der Waals surface area contributed by atoms with Crippen molar-refractivity contribution in [2.45, 2.75) is 64.2 Å². The van der Waals surface area contributed by atoms with Crippen molar-refractivity contribution in [3.8, 4) is 5.75 Å². The van der Waals surface area contributed by atoms with Crippen LogP contribution in [-0.2, 0) is 0 Å². The second-order valence-corrected chi connectivity index (χ2v) is 6.88. The van der Waals surface area contributed by atoms with Crippen LogP contribution < -0.4 is 4.74 Å². The largest absolute Gasteiger partial charge is 0.491 e. The molecule has 4 heteroatoms. The van der Waals surface area contributed by atoms with E-state index < -0.39 is 6.10 Å². The summed E-state index contributed by atoms with van der Waals surface area (Å²) in [6.07, 6.45) is 5.21. The van der Waals surface area contributed by atoms with Gasteiger partial charge in [0.2, 0.25) is 0 Å². The van der Waals surface area contributed by atoms with Crippen LogP contribution in [0.4, 0.5) is 0 Å². The highest BCUT2D eigenvalue weighted by atomic mass is 16.5. The monoisotopic (exact) mass is 321 g/mol. The third kappa shape index (κ3) is 6.50. The van der Waals surface area contributed by atoms with Crippen LogP contribution in [-0.4, -0.2) is 53.1 Å². The zero-order valence-corrected chi connectivity index (χ0v) is 14.4. The molecule has 2 atom stereocenters. The highest BCUT2D eigenvalue weighted by Crippen LogP contribution is 2.23. The Hall–Kier alpha value is -1.10. The summed E-state index contributed by atoms with van der Waals surface area (Å²) in [6, 6.07) is 8.35. The van der Waals surface area contributed by atoms with Crippen LogP contribution in [0.15, 0.2) is 24.3 Å². The van der Waals surface area contributed by atoms with Crippen LogP contribution in [0.2, 0.25) is 0 Å². The lowest BCUT2D eigenvalue weighted by Crippen LogP contribution is -2.46. The van der Waals surface area contributed by atoms with Gasteiger partial charge >= 0.3 is 0 Å². The van der Waals surface area contributed by atoms with Gasteiger partial charge in [-0.25, -0.2) is 0 Å². The topological polar surface area (TPSA) is 52.9 Å². The molecule has 1 aromatic rings. The maximum Gasteiger partial charge on any atom is 0.119 e. The number of rotatable bonds is 8. The van der Waals surface area contributed by atoms with E-state index in [1.54, 1.807) is 0 Å². The molecule has 0 radical (unpaired) electrons. The first-order chi connectivity index (χ1) is 11.0. The van der Waals surface area contributed by atoms with E-state index in [-0.39, 0.29) is 12.7 Å². The predicted molar refractivity (Wildman–Crippen MR) is 92.8 cm³/mol. The van der Waals surface area contributed by atoms with E-state index in [4.69, 9.17) is 4.74 Å². The Balaban J connectivity index is 1.84. The molecule has 1 aromatic carbocycles. The average Bonchev–Trinajstić information content (AvgIpc) is 2.53. The van der Waals surface area contributed by atoms with Gasteiger partial charge in [0, 0.05) is 19.1 Å². The van der Waals surface area contributed by atoms with Crippen LogP contribution in [0, 0.1) is 6.92 Å². The predicted octanol–water partition coefficient (Wildman–Crippen LogP) is 2.75. The number of aliphatic hydroxyl groups is 2. The molecular formula is C19H31NO3. The Morgan fingerprint density at radius 2 is 1.91 bits per heavy atom. The molecule has 2 unspecified atom stereocenters. The summed E-state index contributed by atoms with van der Waals surface area (Å²) >= 11 is 0. The van der Waals surface area contributed by atoms with Crippen LogP contribution in [0.25, 0.3) is 0 Å². The molecule has 4 nitrogen and oxygen atoms in total. The zero-order chi connectivity index (χ0) is 16.7. The number of benzene rings is 1. The minimum absolute atomic E-state index is 0.284. The Kier molecular flexibility index (Phi) is 7.34. The second kappa shape index (κ2) is 9.26. The van der Waals surface area contributed by atoms with Crippen molar-refractivity contribution in [2.75, 3.05) is 19.7 Å². The van der Waals surface area contributed by atoms with Crippen molar-refractivity contribution in [3.63, 3.8) is 0 Å². The van der Waals surface area contributed by atoms with E-state index in [1.165, 1.54) is 19.3 Å². The number of hydrogen-bond donors (Lipinski definition) is 2. The summed E-state index contributed by atoms with van der Waals surface area (Å²) < 4.78 is 5.70. The lowest BCUT2D eigenvalue weighted by molar-refractivity contribution is 0.0219. The van der Waals surface area contributed by atoms with Crippen molar-refractivity contribution in [1.29, 1.82) is 0 Å². The molecule has 1 aliphatic rings. The fourth-order valence-corrected chi connectivity index (χ4v) is 3.38. The zero-order valence-electron chi connectivity index (χ0n) is 14.4. The molecule has 2 rings (SSSR count). The molecule has 0 aliphatic heterocycles. The maximum atomic E-state index is 10.3. The van der Waals surface area contributed by atoms with Gasteiger partial charge in [-0.15, -0.1) is 0 Å². The van der Waals surface area contributed by atoms with Gasteiger partial charge in [-0.05, 0) is 44.4 Å². The van der Waals surface area contributed by atoms with Crippen LogP contribution in [0.5, 0.6) is 5.75 Å². The van der Waals surface area contributed by atoms with E-state index in [1.807, 2.05) is 38.1 Å². The highest BCUT2D eigenvalue weighted by Gasteiger charge is 2.24. The number of aliphatic hydroxyl groups excluding tert-OH is 2. The quantitative estimate of drug-likeness (QED) is 0.773. The summed E-state index contributed by atoms with van der Waals surface area (Å²) in [7, 11) is 0. The molecule has 1 aliphatic carbocycles. The molecule has 2 N–H and O–H groups in total. The highest BCUT2D eigenvalue weighted by molar-refractivity contribution is 5.27. The van der Waals surface area contributed by atoms with Gasteiger partial charge in [0.1, 0.15) is 18.5 Å². The second-order valence-electron chi connectivity index (χ2n) is 6.88. The number of hydrogen-bond acceptors (Lipinski definition) is 4. The maximum absolute atomic E-state index is 10.3. The fraction of sp³-hybridized carbons (Fsp3) is 0.684. The standard InChI is InChI=1S/C19H31NO3/c1-15-7-6-10-19(11-15)23-14-18(22)13-20(12-16(2)21)17-8-4-3-5-9-17/h6-7,10-11,16-18,21-22H,3-5,8-9,12-14H2,1-2H3. The molecular weight excluding hydrogens is 290 g/mol. The van der Waals surface area contributed by atoms with Gasteiger partial charge in [-0.2, -0.15) is 0 Å². The minimum Gasteiger partial charge on any atom is -0.491 e. The van der Waals surface area contributed by atoms with Crippen molar-refractivity contribution >= 4 is 0 Å². The van der Waals surface area contributed by atoms with E-state index in [0.717, 1.165) is 24.2 Å². The SMILES string of the molecule is Cc1cccc(OCC(O)CN(CC(C)O)C2CCCCC2)c1. The minimum atomic E-state index is -0.545. The summed E-state index contributed by atoms with van der Waals surface area (Å²) in [6.45, 7) is 5.29. The van der Waals surface area contributed by atoms with Crippen molar-refractivity contribution < 1.29 is 14.9 Å². The van der Waals surface area contributed by atoms with Gasteiger partial charge < -0.3 is 14.9 Å². The van der Waals surface area contributed by atoms with Gasteiger partial charge in [0.25, 0.3) is 0 Å². The van der Waals surface area contributed by atoms with E-state index >= 15 is 0 Å². The normalized spacial score (nSPS) is 18.8. The van der Waals surface area contributed by atoms with E-state index in [9.17, 15) is 10.2 Å². The molecule has 0 saturated heterocycles. The van der Waals surface area contributed by atoms with E-state index in [2.05, 4.69) is 4.90 Å². The fourth-order valence-electron chi connectivity index (χ4n) is 3.38. The summed E-state index contributed by atoms with van der Waals surface area (Å²) in [5, 5.41) is 20.1. The van der Waals surface area contributed by atoms with Gasteiger partial charge in [-0.3, -0.25) is 4.90 Å². The number of ether oxygens (including phenoxy) is 1. The Morgan fingerprint density at radius 1 is 1.17 bits per heavy atom. The molecule has 0 spiro atoms. The van der Waals surface area contributed by atoms with Crippen molar-refractivity contribution in [3.05, 3.63) is 29.8 Å². The molecule has 0 amide bonds. The first-order valence-electron chi connectivity index (χ1n) is 8.84. The summed E-state index contributed by atoms with van der Waals surface area (Å²) in [5.74, 6) is 0.795. The molecule has 0 heterocycles. The van der Waals surface area contributed by atoms with Crippen LogP contribution in [0.3, 0.4) is 0 Å². The van der Waals surface area contributed by atoms with Crippen molar-refractivity contribution in [2.24, 2.45) is 0 Å². The smallest absolute Gasteiger partial charge is 0.119 e. The third-order valence-corrected chi connectivity index (χ3v) is 4.47. The van der Waals surface area contributed by atoms with Gasteiger partial charge in [0.05, 0.1) is 6.10 Å². The molecule has 0 aromatic heterocycles. The first kappa shape index (κ1) is 18.2. The Bertz CT molecular complexity index is 458. The van der Waals surface area contributed by atoms with E-state index in [0.29, 0.717) is 19.1 Å². The number of aryl methyl sites for hydroxylation is 1. The van der Waals surface area contributed by atoms with Crippen LogP contribution in [0.1, 0.15) is 44.6 Å². The Morgan fingerprint density at radius 3 is 2.57 bits per heavy atom. The molecule has 130 valence electrons. The first-order valence-corrected chi connectivity index (χ1v) is 8.84. The molecule has 23 heavy (non-hydrogen) atoms. The lowest BCUT2D eigenvalue weighted by atomic mass is 9.93. The van der Waals surface area contributed by atoms with Crippen molar-refractivity contribution in [1.82, 2.24) is 4.90 Å². The van der Waals surface area contributed by atoms with Gasteiger partial charge in [-0.1, -0.05) is 31.4 Å². The third-order valence-electron chi connectivity index (χ3n) is 4.47. The lowest BCUT2D eigenvalue weighted by Gasteiger charge is -2.36. The summed E-state index contributed by atoms with van der Waals surface area (Å²) in [4.78, 5) is 2.24. The molecule has 0 bridgehead atoms. The molecule has 1 saturated carbocycles. The molecule has 1 fully saturated rings. The summed E-state index contributed by atoms with van der Waals surface area (Å²) in [5.41, 5.74) is 1.15. The van der Waals surface area contributed by atoms with Gasteiger partial charge in [0.15, 0.2) is 0 Å².